The molecule has 4 heteroatoms. The summed E-state index contributed by atoms with van der Waals surface area (Å²) in [5.74, 6) is -0.969. The van der Waals surface area contributed by atoms with Crippen molar-refractivity contribution in [2.75, 3.05) is 20.2 Å². The zero-order valence-electron chi connectivity index (χ0n) is 6.95. The Balaban J connectivity index is 3.91. The van der Waals surface area contributed by atoms with Gasteiger partial charge in [-0.15, -0.1) is 0 Å². The summed E-state index contributed by atoms with van der Waals surface area (Å²) in [7, 11) is 1.69. The number of aliphatic carboxylic acids is 1. The fraction of sp³-hybridized carbons (Fsp3) is 0.857. The standard InChI is InChI=1S/C7H15NO3/c1-3-4-8(2)6(5-9)7(10)11/h6,9H,3-5H2,1-2H3,(H,10,11)/t6-/m0/s1. The minimum Gasteiger partial charge on any atom is -0.480 e. The molecule has 0 heterocycles. The smallest absolute Gasteiger partial charge is 0.323 e. The second kappa shape index (κ2) is 5.09. The second-order valence-corrected chi connectivity index (χ2v) is 2.52. The van der Waals surface area contributed by atoms with Crippen LogP contribution >= 0.6 is 0 Å². The third-order valence-electron chi connectivity index (χ3n) is 1.57. The molecule has 0 saturated heterocycles. The molecule has 1 atom stereocenters. The number of nitrogens with zero attached hydrogens (tertiary/aromatic N) is 1. The Kier molecular flexibility index (Phi) is 4.81. The highest BCUT2D eigenvalue weighted by Crippen LogP contribution is 1.96. The third-order valence-corrected chi connectivity index (χ3v) is 1.57. The van der Waals surface area contributed by atoms with Gasteiger partial charge in [-0.25, -0.2) is 0 Å². The molecule has 0 aromatic carbocycles. The fourth-order valence-corrected chi connectivity index (χ4v) is 0.915. The Hall–Kier alpha value is -0.610. The first kappa shape index (κ1) is 10.4. The van der Waals surface area contributed by atoms with Gasteiger partial charge in [-0.2, -0.15) is 0 Å². The predicted molar refractivity (Wildman–Crippen MR) is 41.4 cm³/mol. The molecule has 0 aliphatic rings. The van der Waals surface area contributed by atoms with Gasteiger partial charge in [0, 0.05) is 0 Å². The molecular weight excluding hydrogens is 146 g/mol. The van der Waals surface area contributed by atoms with E-state index in [4.69, 9.17) is 10.2 Å². The van der Waals surface area contributed by atoms with Gasteiger partial charge in [0.25, 0.3) is 0 Å². The van der Waals surface area contributed by atoms with Crippen molar-refractivity contribution < 1.29 is 15.0 Å². The minimum absolute atomic E-state index is 0.328. The largest absolute Gasteiger partial charge is 0.480 e. The lowest BCUT2D eigenvalue weighted by Gasteiger charge is -2.21. The number of carboxylic acid groups (broad SMARTS) is 1. The molecule has 0 aliphatic heterocycles. The van der Waals surface area contributed by atoms with Crippen molar-refractivity contribution >= 4 is 5.97 Å². The van der Waals surface area contributed by atoms with Gasteiger partial charge in [-0.1, -0.05) is 6.92 Å². The first-order valence-corrected chi connectivity index (χ1v) is 3.67. The van der Waals surface area contributed by atoms with E-state index in [0.717, 1.165) is 6.42 Å². The molecule has 0 aromatic rings. The lowest BCUT2D eigenvalue weighted by molar-refractivity contribution is -0.144. The Morgan fingerprint density at radius 1 is 1.64 bits per heavy atom. The molecule has 11 heavy (non-hydrogen) atoms. The summed E-state index contributed by atoms with van der Waals surface area (Å²) >= 11 is 0. The van der Waals surface area contributed by atoms with Crippen LogP contribution in [-0.2, 0) is 4.79 Å². The van der Waals surface area contributed by atoms with E-state index in [1.807, 2.05) is 6.92 Å². The fourth-order valence-electron chi connectivity index (χ4n) is 0.915. The van der Waals surface area contributed by atoms with Crippen LogP contribution in [0, 0.1) is 0 Å². The molecule has 2 N–H and O–H groups in total. The van der Waals surface area contributed by atoms with Gasteiger partial charge in [0.05, 0.1) is 6.61 Å². The zero-order valence-corrected chi connectivity index (χ0v) is 6.95. The molecule has 0 amide bonds. The topological polar surface area (TPSA) is 60.8 Å². The van der Waals surface area contributed by atoms with Crippen LogP contribution in [0.2, 0.25) is 0 Å². The Morgan fingerprint density at radius 2 is 2.18 bits per heavy atom. The van der Waals surface area contributed by atoms with Crippen molar-refractivity contribution in [3.63, 3.8) is 0 Å². The average molecular weight is 161 g/mol. The van der Waals surface area contributed by atoms with Crippen molar-refractivity contribution in [3.8, 4) is 0 Å². The SMILES string of the molecule is CCCN(C)[C@@H](CO)C(=O)O. The van der Waals surface area contributed by atoms with Crippen LogP contribution < -0.4 is 0 Å². The second-order valence-electron chi connectivity index (χ2n) is 2.52. The molecule has 0 bridgehead atoms. The highest BCUT2D eigenvalue weighted by Gasteiger charge is 2.20. The summed E-state index contributed by atoms with van der Waals surface area (Å²) in [5, 5.41) is 17.2. The van der Waals surface area contributed by atoms with Crippen LogP contribution in [-0.4, -0.2) is 47.3 Å². The molecule has 0 rings (SSSR count). The van der Waals surface area contributed by atoms with Crippen molar-refractivity contribution in [1.82, 2.24) is 4.90 Å². The summed E-state index contributed by atoms with van der Waals surface area (Å²) in [6.07, 6.45) is 0.889. The predicted octanol–water partition coefficient (Wildman–Crippen LogP) is -0.226. The molecule has 66 valence electrons. The lowest BCUT2D eigenvalue weighted by Crippen LogP contribution is -2.41. The van der Waals surface area contributed by atoms with Crippen molar-refractivity contribution in [1.29, 1.82) is 0 Å². The van der Waals surface area contributed by atoms with Gasteiger partial charge in [0.2, 0.25) is 0 Å². The lowest BCUT2D eigenvalue weighted by atomic mass is 10.2. The molecule has 4 nitrogen and oxygen atoms in total. The van der Waals surface area contributed by atoms with Gasteiger partial charge < -0.3 is 10.2 Å². The van der Waals surface area contributed by atoms with Crippen LogP contribution in [0.25, 0.3) is 0 Å². The quantitative estimate of drug-likeness (QED) is 0.585. The number of aliphatic hydroxyl groups excluding tert-OH is 1. The molecule has 0 saturated carbocycles. The van der Waals surface area contributed by atoms with E-state index in [-0.39, 0.29) is 6.61 Å². The summed E-state index contributed by atoms with van der Waals surface area (Å²) in [4.78, 5) is 12.1. The molecule has 0 fully saturated rings. The maximum atomic E-state index is 10.4. The third kappa shape index (κ3) is 3.34. The van der Waals surface area contributed by atoms with E-state index in [9.17, 15) is 4.79 Å². The molecule has 0 aliphatic carbocycles. The van der Waals surface area contributed by atoms with Crippen LogP contribution in [0.3, 0.4) is 0 Å². The average Bonchev–Trinajstić information content (AvgIpc) is 1.88. The highest BCUT2D eigenvalue weighted by molar-refractivity contribution is 5.73. The van der Waals surface area contributed by atoms with Crippen LogP contribution in [0.15, 0.2) is 0 Å². The Labute approximate surface area is 66.4 Å². The summed E-state index contributed by atoms with van der Waals surface area (Å²) in [6, 6.07) is -0.755. The van der Waals surface area contributed by atoms with Crippen LogP contribution in [0.4, 0.5) is 0 Å². The minimum atomic E-state index is -0.969. The number of aliphatic hydroxyl groups is 1. The maximum Gasteiger partial charge on any atom is 0.323 e. The van der Waals surface area contributed by atoms with E-state index in [1.165, 1.54) is 0 Å². The summed E-state index contributed by atoms with van der Waals surface area (Å²) in [6.45, 7) is 2.33. The van der Waals surface area contributed by atoms with E-state index < -0.39 is 12.0 Å². The van der Waals surface area contributed by atoms with Gasteiger partial charge in [0.1, 0.15) is 6.04 Å². The molecule has 0 radical (unpaired) electrons. The van der Waals surface area contributed by atoms with E-state index in [1.54, 1.807) is 11.9 Å². The number of carboxylic acids is 1. The number of hydrogen-bond donors (Lipinski definition) is 2. The van der Waals surface area contributed by atoms with Gasteiger partial charge in [-0.3, -0.25) is 9.69 Å². The van der Waals surface area contributed by atoms with Crippen molar-refractivity contribution in [2.45, 2.75) is 19.4 Å². The first-order chi connectivity index (χ1) is 5.13. The number of hydrogen-bond acceptors (Lipinski definition) is 3. The molecule has 0 spiro atoms. The summed E-state index contributed by atoms with van der Waals surface area (Å²) < 4.78 is 0. The Bertz CT molecular complexity index is 127. The zero-order chi connectivity index (χ0) is 8.85. The first-order valence-electron chi connectivity index (χ1n) is 3.67. The van der Waals surface area contributed by atoms with Crippen molar-refractivity contribution in [3.05, 3.63) is 0 Å². The van der Waals surface area contributed by atoms with Crippen LogP contribution in [0.1, 0.15) is 13.3 Å². The van der Waals surface area contributed by atoms with E-state index in [0.29, 0.717) is 6.54 Å². The number of likely N-dealkylation sites (N-methyl/N-ethyl adjacent to an activating group) is 1. The van der Waals surface area contributed by atoms with Gasteiger partial charge in [-0.05, 0) is 20.0 Å². The van der Waals surface area contributed by atoms with Crippen LogP contribution in [0.5, 0.6) is 0 Å². The molecule has 0 aromatic heterocycles. The summed E-state index contributed by atoms with van der Waals surface area (Å²) in [5.41, 5.74) is 0. The van der Waals surface area contributed by atoms with E-state index in [2.05, 4.69) is 0 Å². The van der Waals surface area contributed by atoms with Gasteiger partial charge >= 0.3 is 5.97 Å². The maximum absolute atomic E-state index is 10.4. The molecule has 0 unspecified atom stereocenters. The van der Waals surface area contributed by atoms with Crippen molar-refractivity contribution in [2.24, 2.45) is 0 Å². The molecular formula is C7H15NO3. The van der Waals surface area contributed by atoms with Gasteiger partial charge in [0.15, 0.2) is 0 Å². The normalized spacial score (nSPS) is 13.5. The Morgan fingerprint density at radius 3 is 2.45 bits per heavy atom. The highest BCUT2D eigenvalue weighted by atomic mass is 16.4. The number of carbonyl (C=O) groups is 1. The number of rotatable bonds is 5. The van der Waals surface area contributed by atoms with E-state index >= 15 is 0 Å². The monoisotopic (exact) mass is 161 g/mol.